The third-order valence-corrected chi connectivity index (χ3v) is 3.82. The van der Waals surface area contributed by atoms with Crippen molar-refractivity contribution >= 4 is 29.1 Å². The summed E-state index contributed by atoms with van der Waals surface area (Å²) >= 11 is 6.14. The van der Waals surface area contributed by atoms with E-state index >= 15 is 0 Å². The lowest BCUT2D eigenvalue weighted by atomic mass is 10.1. The molecule has 5 nitrogen and oxygen atoms in total. The summed E-state index contributed by atoms with van der Waals surface area (Å²) in [6, 6.07) is 8.81. The van der Waals surface area contributed by atoms with Crippen molar-refractivity contribution in [3.8, 4) is 0 Å². The fraction of sp³-hybridized carbons (Fsp3) is 0.294. The molecule has 0 saturated carbocycles. The highest BCUT2D eigenvalue weighted by Gasteiger charge is 2.14. The molecule has 6 heteroatoms. The van der Waals surface area contributed by atoms with Crippen LogP contribution in [-0.4, -0.2) is 35.4 Å². The molecule has 0 aliphatic carbocycles. The van der Waals surface area contributed by atoms with Crippen LogP contribution in [0.3, 0.4) is 0 Å². The number of hydrogen-bond donors (Lipinski definition) is 1. The quantitative estimate of drug-likeness (QED) is 0.911. The van der Waals surface area contributed by atoms with Crippen molar-refractivity contribution in [3.63, 3.8) is 0 Å². The first-order valence-electron chi connectivity index (χ1n) is 7.32. The van der Waals surface area contributed by atoms with Gasteiger partial charge in [0.1, 0.15) is 0 Å². The Labute approximate surface area is 140 Å². The van der Waals surface area contributed by atoms with Crippen LogP contribution in [0.25, 0.3) is 0 Å². The molecule has 1 aromatic carbocycles. The van der Waals surface area contributed by atoms with Crippen LogP contribution in [0.1, 0.15) is 29.7 Å². The van der Waals surface area contributed by atoms with Gasteiger partial charge in [-0.15, -0.1) is 0 Å². The van der Waals surface area contributed by atoms with Gasteiger partial charge < -0.3 is 14.8 Å². The number of carbonyl (C=O) groups excluding carboxylic acids is 2. The standard InChI is InChI=1S/C17H20ClN3O2/c1-12(21-8-4-5-9-21)10-16(22)19-13-6-7-14(15(18)11-13)17(23)20(2)3/h4-9,11-12H,10H2,1-3H3,(H,19,22)/t12-/m1/s1. The Hall–Kier alpha value is -2.27. The maximum atomic E-state index is 12.1. The first-order valence-corrected chi connectivity index (χ1v) is 7.70. The molecule has 0 radical (unpaired) electrons. The lowest BCUT2D eigenvalue weighted by Gasteiger charge is -2.15. The second kappa shape index (κ2) is 7.33. The van der Waals surface area contributed by atoms with Crippen molar-refractivity contribution < 1.29 is 9.59 Å². The number of amides is 2. The van der Waals surface area contributed by atoms with Crippen LogP contribution in [-0.2, 0) is 4.79 Å². The molecule has 0 aliphatic rings. The van der Waals surface area contributed by atoms with Crippen LogP contribution < -0.4 is 5.32 Å². The average molecular weight is 334 g/mol. The van der Waals surface area contributed by atoms with Gasteiger partial charge in [0.2, 0.25) is 5.91 Å². The van der Waals surface area contributed by atoms with Crippen LogP contribution >= 0.6 is 11.6 Å². The Morgan fingerprint density at radius 2 is 1.91 bits per heavy atom. The molecule has 2 rings (SSSR count). The van der Waals surface area contributed by atoms with Crippen LogP contribution in [0.2, 0.25) is 5.02 Å². The topological polar surface area (TPSA) is 54.3 Å². The monoisotopic (exact) mass is 333 g/mol. The number of hydrogen-bond acceptors (Lipinski definition) is 2. The molecule has 23 heavy (non-hydrogen) atoms. The minimum absolute atomic E-state index is 0.0649. The van der Waals surface area contributed by atoms with Gasteiger partial charge in [0.15, 0.2) is 0 Å². The van der Waals surface area contributed by atoms with Gasteiger partial charge in [0.05, 0.1) is 10.6 Å². The molecular formula is C17H20ClN3O2. The lowest BCUT2D eigenvalue weighted by Crippen LogP contribution is -2.22. The predicted molar refractivity (Wildman–Crippen MR) is 91.9 cm³/mol. The third kappa shape index (κ3) is 4.36. The Balaban J connectivity index is 2.01. The van der Waals surface area contributed by atoms with Gasteiger partial charge in [-0.05, 0) is 37.3 Å². The van der Waals surface area contributed by atoms with Crippen LogP contribution in [0.5, 0.6) is 0 Å². The van der Waals surface area contributed by atoms with Crippen molar-refractivity contribution in [1.29, 1.82) is 0 Å². The van der Waals surface area contributed by atoms with E-state index in [1.54, 1.807) is 32.3 Å². The average Bonchev–Trinajstić information content (AvgIpc) is 3.00. The minimum atomic E-state index is -0.172. The summed E-state index contributed by atoms with van der Waals surface area (Å²) in [6.45, 7) is 1.98. The molecule has 1 aromatic heterocycles. The molecule has 0 saturated heterocycles. The molecule has 2 aromatic rings. The molecule has 1 atom stereocenters. The van der Waals surface area contributed by atoms with Gasteiger partial charge in [-0.25, -0.2) is 0 Å². The SMILES string of the molecule is C[C@H](CC(=O)Nc1ccc(C(=O)N(C)C)c(Cl)c1)n1cccc1. The van der Waals surface area contributed by atoms with E-state index in [2.05, 4.69) is 5.32 Å². The molecule has 0 fully saturated rings. The summed E-state index contributed by atoms with van der Waals surface area (Å²) in [5, 5.41) is 3.13. The number of nitrogens with one attached hydrogen (secondary N) is 1. The molecule has 122 valence electrons. The van der Waals surface area contributed by atoms with Gasteiger partial charge in [0, 0.05) is 44.6 Å². The molecule has 0 spiro atoms. The number of aromatic nitrogens is 1. The summed E-state index contributed by atoms with van der Waals surface area (Å²) in [4.78, 5) is 25.5. The molecule has 1 heterocycles. The smallest absolute Gasteiger partial charge is 0.254 e. The number of anilines is 1. The van der Waals surface area contributed by atoms with E-state index in [1.807, 2.05) is 36.0 Å². The van der Waals surface area contributed by atoms with E-state index in [4.69, 9.17) is 11.6 Å². The Morgan fingerprint density at radius 1 is 1.26 bits per heavy atom. The lowest BCUT2D eigenvalue weighted by molar-refractivity contribution is -0.116. The summed E-state index contributed by atoms with van der Waals surface area (Å²) in [5.74, 6) is -0.275. The fourth-order valence-corrected chi connectivity index (χ4v) is 2.50. The highest BCUT2D eigenvalue weighted by molar-refractivity contribution is 6.34. The minimum Gasteiger partial charge on any atom is -0.351 e. The van der Waals surface area contributed by atoms with E-state index < -0.39 is 0 Å². The van der Waals surface area contributed by atoms with Gasteiger partial charge >= 0.3 is 0 Å². The zero-order chi connectivity index (χ0) is 17.0. The number of benzene rings is 1. The number of halogens is 1. The fourth-order valence-electron chi connectivity index (χ4n) is 2.23. The zero-order valence-corrected chi connectivity index (χ0v) is 14.2. The van der Waals surface area contributed by atoms with Crippen molar-refractivity contribution in [3.05, 3.63) is 53.3 Å². The van der Waals surface area contributed by atoms with Crippen LogP contribution in [0, 0.1) is 0 Å². The molecule has 2 amide bonds. The highest BCUT2D eigenvalue weighted by Crippen LogP contribution is 2.22. The van der Waals surface area contributed by atoms with Crippen molar-refractivity contribution in [1.82, 2.24) is 9.47 Å². The molecule has 1 N–H and O–H groups in total. The van der Waals surface area contributed by atoms with E-state index in [0.717, 1.165) is 0 Å². The van der Waals surface area contributed by atoms with E-state index in [0.29, 0.717) is 22.7 Å². The largest absolute Gasteiger partial charge is 0.351 e. The van der Waals surface area contributed by atoms with Crippen molar-refractivity contribution in [2.75, 3.05) is 19.4 Å². The third-order valence-electron chi connectivity index (χ3n) is 3.51. The van der Waals surface area contributed by atoms with Crippen molar-refractivity contribution in [2.24, 2.45) is 0 Å². The maximum absolute atomic E-state index is 12.1. The van der Waals surface area contributed by atoms with Gasteiger partial charge in [0.25, 0.3) is 5.91 Å². The molecule has 0 aliphatic heterocycles. The van der Waals surface area contributed by atoms with Gasteiger partial charge in [-0.1, -0.05) is 11.6 Å². The Morgan fingerprint density at radius 3 is 2.48 bits per heavy atom. The van der Waals surface area contributed by atoms with Crippen molar-refractivity contribution in [2.45, 2.75) is 19.4 Å². The second-order valence-corrected chi connectivity index (χ2v) is 6.03. The highest BCUT2D eigenvalue weighted by atomic mass is 35.5. The number of nitrogens with zero attached hydrogens (tertiary/aromatic N) is 2. The van der Waals surface area contributed by atoms with Gasteiger partial charge in [-0.2, -0.15) is 0 Å². The summed E-state index contributed by atoms with van der Waals surface area (Å²) in [6.07, 6.45) is 4.21. The number of carbonyl (C=O) groups is 2. The first kappa shape index (κ1) is 17.1. The summed E-state index contributed by atoms with van der Waals surface area (Å²) < 4.78 is 1.98. The zero-order valence-electron chi connectivity index (χ0n) is 13.4. The number of rotatable bonds is 5. The van der Waals surface area contributed by atoms with Crippen LogP contribution in [0.4, 0.5) is 5.69 Å². The molecule has 0 bridgehead atoms. The Kier molecular flexibility index (Phi) is 5.45. The Bertz CT molecular complexity index is 696. The van der Waals surface area contributed by atoms with E-state index in [-0.39, 0.29) is 17.9 Å². The normalized spacial score (nSPS) is 11.8. The molecule has 0 unspecified atom stereocenters. The summed E-state index contributed by atoms with van der Waals surface area (Å²) in [7, 11) is 3.33. The first-order chi connectivity index (χ1) is 10.9. The van der Waals surface area contributed by atoms with Crippen LogP contribution in [0.15, 0.2) is 42.7 Å². The maximum Gasteiger partial charge on any atom is 0.254 e. The van der Waals surface area contributed by atoms with Gasteiger partial charge in [-0.3, -0.25) is 9.59 Å². The van der Waals surface area contributed by atoms with E-state index in [1.165, 1.54) is 4.90 Å². The summed E-state index contributed by atoms with van der Waals surface area (Å²) in [5.41, 5.74) is 0.991. The molecular weight excluding hydrogens is 314 g/mol. The second-order valence-electron chi connectivity index (χ2n) is 5.63. The van der Waals surface area contributed by atoms with E-state index in [9.17, 15) is 9.59 Å². The predicted octanol–water partition coefficient (Wildman–Crippen LogP) is 3.43.